The van der Waals surface area contributed by atoms with Crippen molar-refractivity contribution in [2.45, 2.75) is 13.8 Å². The lowest BCUT2D eigenvalue weighted by Crippen LogP contribution is -2.31. The number of nitrogens with zero attached hydrogens (tertiary/aromatic N) is 2. The Bertz CT molecular complexity index is 1490. The molecule has 0 fully saturated rings. The number of hydrogen-bond acceptors (Lipinski definition) is 9. The Morgan fingerprint density at radius 3 is 2.31 bits per heavy atom. The zero-order chi connectivity index (χ0) is 28.1. The molecule has 2 amide bonds. The summed E-state index contributed by atoms with van der Waals surface area (Å²) in [5.41, 5.74) is 3.23. The fraction of sp³-hybridized carbons (Fsp3) is 0.179. The topological polar surface area (TPSA) is 114 Å². The quantitative estimate of drug-likeness (QED) is 0.316. The Kier molecular flexibility index (Phi) is 8.62. The number of nitrogens with one attached hydrogen (secondary N) is 1. The van der Waals surface area contributed by atoms with Crippen molar-refractivity contribution in [2.75, 3.05) is 30.2 Å². The Hall–Kier alpha value is -4.22. The van der Waals surface area contributed by atoms with Crippen LogP contribution in [-0.2, 0) is 19.1 Å². The monoisotopic (exact) mass is 563 g/mol. The first-order chi connectivity index (χ1) is 18.7. The predicted octanol–water partition coefficient (Wildman–Crippen LogP) is 5.05. The van der Waals surface area contributed by atoms with Gasteiger partial charge >= 0.3 is 11.9 Å². The summed E-state index contributed by atoms with van der Waals surface area (Å²) in [7, 11) is 2.45. The second-order valence-electron chi connectivity index (χ2n) is 8.39. The molecule has 2 aromatic carbocycles. The van der Waals surface area contributed by atoms with E-state index in [-0.39, 0.29) is 32.8 Å². The molecular formula is C28H25N3O6S2. The van der Waals surface area contributed by atoms with Gasteiger partial charge in [0.2, 0.25) is 5.91 Å². The number of anilines is 2. The third-order valence-corrected chi connectivity index (χ3v) is 7.84. The maximum atomic E-state index is 13.3. The molecule has 0 spiro atoms. The summed E-state index contributed by atoms with van der Waals surface area (Å²) in [4.78, 5) is 57.0. The first-order valence-electron chi connectivity index (χ1n) is 11.7. The molecule has 1 aliphatic rings. The Labute approximate surface area is 233 Å². The van der Waals surface area contributed by atoms with E-state index in [4.69, 9.17) is 9.47 Å². The molecule has 0 bridgehead atoms. The van der Waals surface area contributed by atoms with Crippen LogP contribution in [0.2, 0.25) is 0 Å². The molecular weight excluding hydrogens is 538 g/mol. The van der Waals surface area contributed by atoms with E-state index in [1.54, 1.807) is 25.1 Å². The highest BCUT2D eigenvalue weighted by atomic mass is 32.2. The van der Waals surface area contributed by atoms with Gasteiger partial charge in [0.05, 0.1) is 31.2 Å². The molecule has 0 atom stereocenters. The largest absolute Gasteiger partial charge is 0.465 e. The van der Waals surface area contributed by atoms with Gasteiger partial charge in [0.15, 0.2) is 5.17 Å². The van der Waals surface area contributed by atoms with E-state index in [1.807, 2.05) is 49.4 Å². The van der Waals surface area contributed by atoms with Crippen LogP contribution >= 0.6 is 23.1 Å². The number of ether oxygens (including phenoxy) is 2. The molecule has 2 heterocycles. The number of methoxy groups -OCH3 is 2. The fourth-order valence-electron chi connectivity index (χ4n) is 3.75. The Morgan fingerprint density at radius 2 is 1.67 bits per heavy atom. The molecule has 4 rings (SSSR count). The number of aliphatic imine (C=N–C) groups is 1. The van der Waals surface area contributed by atoms with Gasteiger partial charge in [-0.2, -0.15) is 0 Å². The van der Waals surface area contributed by atoms with Crippen LogP contribution in [0.25, 0.3) is 6.08 Å². The Morgan fingerprint density at radius 1 is 1.00 bits per heavy atom. The minimum Gasteiger partial charge on any atom is -0.465 e. The molecule has 0 saturated heterocycles. The van der Waals surface area contributed by atoms with Gasteiger partial charge in [-0.3, -0.25) is 14.5 Å². The van der Waals surface area contributed by atoms with E-state index in [0.717, 1.165) is 34.2 Å². The van der Waals surface area contributed by atoms with Crippen LogP contribution in [0.15, 0.2) is 65.3 Å². The normalized spacial score (nSPS) is 13.8. The maximum Gasteiger partial charge on any atom is 0.348 e. The summed E-state index contributed by atoms with van der Waals surface area (Å²) >= 11 is 2.00. The van der Waals surface area contributed by atoms with E-state index >= 15 is 0 Å². The standard InChI is InChI=1S/C28H25N3O6S2/c1-16-10-12-18(13-11-16)14-20-25(33)31(19-8-6-5-7-9-19)28(29-20)38-15-21(32)30-24-22(26(34)36-3)17(2)23(39-24)27(35)37-4/h5-14H,15H2,1-4H3,(H,30,32)/b20-14+. The fourth-order valence-corrected chi connectivity index (χ4v) is 5.69. The van der Waals surface area contributed by atoms with Crippen LogP contribution in [0.1, 0.15) is 36.7 Å². The number of aryl methyl sites for hydroxylation is 1. The summed E-state index contributed by atoms with van der Waals surface area (Å²) in [5, 5.41) is 3.20. The number of thioether (sulfide) groups is 1. The van der Waals surface area contributed by atoms with Crippen LogP contribution in [0, 0.1) is 13.8 Å². The molecule has 11 heteroatoms. The van der Waals surface area contributed by atoms with Crippen LogP contribution in [0.4, 0.5) is 10.7 Å². The number of benzene rings is 2. The highest BCUT2D eigenvalue weighted by molar-refractivity contribution is 8.14. The molecule has 1 aliphatic heterocycles. The van der Waals surface area contributed by atoms with Crippen molar-refractivity contribution in [3.05, 3.63) is 87.4 Å². The van der Waals surface area contributed by atoms with Gasteiger partial charge in [-0.25, -0.2) is 14.6 Å². The molecule has 1 aromatic heterocycles. The van der Waals surface area contributed by atoms with E-state index in [1.165, 1.54) is 19.1 Å². The molecule has 1 N–H and O–H groups in total. The van der Waals surface area contributed by atoms with Crippen molar-refractivity contribution >= 4 is 68.8 Å². The van der Waals surface area contributed by atoms with Crippen molar-refractivity contribution in [1.82, 2.24) is 0 Å². The number of esters is 2. The molecule has 0 aliphatic carbocycles. The van der Waals surface area contributed by atoms with Crippen LogP contribution < -0.4 is 10.2 Å². The van der Waals surface area contributed by atoms with Crippen molar-refractivity contribution in [2.24, 2.45) is 4.99 Å². The van der Waals surface area contributed by atoms with E-state index in [2.05, 4.69) is 10.3 Å². The lowest BCUT2D eigenvalue weighted by atomic mass is 10.1. The highest BCUT2D eigenvalue weighted by Gasteiger charge is 2.33. The minimum atomic E-state index is -0.686. The maximum absolute atomic E-state index is 13.3. The molecule has 9 nitrogen and oxygen atoms in total. The summed E-state index contributed by atoms with van der Waals surface area (Å²) in [5.74, 6) is -2.19. The van der Waals surface area contributed by atoms with Gasteiger partial charge in [-0.1, -0.05) is 59.8 Å². The molecule has 3 aromatic rings. The second-order valence-corrected chi connectivity index (χ2v) is 10.4. The average Bonchev–Trinajstić information content (AvgIpc) is 3.43. The summed E-state index contributed by atoms with van der Waals surface area (Å²) in [6.45, 7) is 3.56. The summed E-state index contributed by atoms with van der Waals surface area (Å²) in [6.07, 6.45) is 1.71. The van der Waals surface area contributed by atoms with Crippen LogP contribution in [-0.4, -0.2) is 48.9 Å². The Balaban J connectivity index is 1.58. The second kappa shape index (κ2) is 12.1. The van der Waals surface area contributed by atoms with E-state index in [0.29, 0.717) is 16.4 Å². The SMILES string of the molecule is COC(=O)c1sc(NC(=O)CSC2=N/C(=C/c3ccc(C)cc3)C(=O)N2c2ccccc2)c(C(=O)OC)c1C. The molecule has 200 valence electrons. The average molecular weight is 564 g/mol. The number of carbonyl (C=O) groups excluding carboxylic acids is 4. The molecule has 0 saturated carbocycles. The first-order valence-corrected chi connectivity index (χ1v) is 13.5. The number of amidine groups is 1. The molecule has 0 unspecified atom stereocenters. The number of para-hydroxylation sites is 1. The summed E-state index contributed by atoms with van der Waals surface area (Å²) in [6, 6.07) is 16.7. The van der Waals surface area contributed by atoms with Crippen molar-refractivity contribution in [3.63, 3.8) is 0 Å². The molecule has 0 radical (unpaired) electrons. The van der Waals surface area contributed by atoms with Gasteiger partial charge in [0.1, 0.15) is 15.6 Å². The van der Waals surface area contributed by atoms with Crippen molar-refractivity contribution < 1.29 is 28.7 Å². The predicted molar refractivity (Wildman–Crippen MR) is 153 cm³/mol. The van der Waals surface area contributed by atoms with Crippen molar-refractivity contribution in [3.8, 4) is 0 Å². The highest BCUT2D eigenvalue weighted by Crippen LogP contribution is 2.35. The van der Waals surface area contributed by atoms with Crippen LogP contribution in [0.3, 0.4) is 0 Å². The number of carbonyl (C=O) groups is 4. The van der Waals surface area contributed by atoms with Crippen molar-refractivity contribution in [1.29, 1.82) is 0 Å². The van der Waals surface area contributed by atoms with Gasteiger partial charge in [-0.15, -0.1) is 11.3 Å². The van der Waals surface area contributed by atoms with E-state index < -0.39 is 17.8 Å². The summed E-state index contributed by atoms with van der Waals surface area (Å²) < 4.78 is 9.62. The first kappa shape index (κ1) is 27.8. The zero-order valence-corrected chi connectivity index (χ0v) is 23.3. The molecule has 39 heavy (non-hydrogen) atoms. The lowest BCUT2D eigenvalue weighted by Gasteiger charge is -2.17. The lowest BCUT2D eigenvalue weighted by molar-refractivity contribution is -0.114. The number of hydrogen-bond donors (Lipinski definition) is 1. The smallest absolute Gasteiger partial charge is 0.348 e. The van der Waals surface area contributed by atoms with Crippen LogP contribution in [0.5, 0.6) is 0 Å². The minimum absolute atomic E-state index is 0.0869. The number of thiophene rings is 1. The van der Waals surface area contributed by atoms with Gasteiger partial charge in [0.25, 0.3) is 5.91 Å². The van der Waals surface area contributed by atoms with E-state index in [9.17, 15) is 19.2 Å². The zero-order valence-electron chi connectivity index (χ0n) is 21.6. The van der Waals surface area contributed by atoms with Gasteiger partial charge < -0.3 is 14.8 Å². The van der Waals surface area contributed by atoms with Gasteiger partial charge in [0, 0.05) is 0 Å². The third-order valence-electron chi connectivity index (χ3n) is 5.72. The van der Waals surface area contributed by atoms with Gasteiger partial charge in [-0.05, 0) is 43.2 Å². The third kappa shape index (κ3) is 6.10. The number of amides is 2. The number of rotatable bonds is 7.